The first kappa shape index (κ1) is 14.4. The molecule has 1 saturated heterocycles. The Labute approximate surface area is 114 Å². The van der Waals surface area contributed by atoms with Gasteiger partial charge in [0.15, 0.2) is 0 Å². The van der Waals surface area contributed by atoms with Crippen LogP contribution in [-0.2, 0) is 11.3 Å². The monoisotopic (exact) mass is 266 g/mol. The maximum absolute atomic E-state index is 13.5. The Morgan fingerprint density at radius 2 is 2.05 bits per heavy atom. The van der Waals surface area contributed by atoms with E-state index in [9.17, 15) is 4.39 Å². The van der Waals surface area contributed by atoms with E-state index in [0.717, 1.165) is 44.7 Å². The van der Waals surface area contributed by atoms with Gasteiger partial charge in [0.25, 0.3) is 0 Å². The van der Waals surface area contributed by atoms with Gasteiger partial charge in [0.1, 0.15) is 5.82 Å². The zero-order chi connectivity index (χ0) is 13.5. The lowest BCUT2D eigenvalue weighted by atomic mass is 10.1. The number of nitrogens with zero attached hydrogens (tertiary/aromatic N) is 1. The lowest BCUT2D eigenvalue weighted by molar-refractivity contribution is 0.0774. The number of halogens is 1. The van der Waals surface area contributed by atoms with Crippen molar-refractivity contribution in [2.24, 2.45) is 0 Å². The molecule has 0 unspecified atom stereocenters. The molecule has 2 rings (SSSR count). The maximum Gasteiger partial charge on any atom is 0.127 e. The molecule has 1 aromatic rings. The molecular weight excluding hydrogens is 243 g/mol. The molecule has 1 aromatic carbocycles. The molecule has 0 radical (unpaired) electrons. The van der Waals surface area contributed by atoms with Gasteiger partial charge in [-0.25, -0.2) is 4.39 Å². The molecule has 1 aliphatic heterocycles. The van der Waals surface area contributed by atoms with E-state index >= 15 is 0 Å². The van der Waals surface area contributed by atoms with Gasteiger partial charge < -0.3 is 15.0 Å². The van der Waals surface area contributed by atoms with E-state index in [1.54, 1.807) is 6.07 Å². The summed E-state index contributed by atoms with van der Waals surface area (Å²) in [5, 5.41) is 3.54. The molecule has 0 bridgehead atoms. The van der Waals surface area contributed by atoms with Crippen molar-refractivity contribution in [2.75, 3.05) is 33.4 Å². The van der Waals surface area contributed by atoms with Crippen LogP contribution in [0.5, 0.6) is 0 Å². The number of hydrogen-bond donors (Lipinski definition) is 1. The van der Waals surface area contributed by atoms with Crippen molar-refractivity contribution in [1.82, 2.24) is 10.2 Å². The summed E-state index contributed by atoms with van der Waals surface area (Å²) in [5.41, 5.74) is 0.760. The number of nitrogens with one attached hydrogen (secondary N) is 1. The summed E-state index contributed by atoms with van der Waals surface area (Å²) in [7, 11) is 2.03. The van der Waals surface area contributed by atoms with Gasteiger partial charge in [0.05, 0.1) is 0 Å². The van der Waals surface area contributed by atoms with Crippen LogP contribution < -0.4 is 5.32 Å². The van der Waals surface area contributed by atoms with Crippen molar-refractivity contribution in [3.8, 4) is 0 Å². The Balaban J connectivity index is 1.67. The highest BCUT2D eigenvalue weighted by Crippen LogP contribution is 2.09. The lowest BCUT2D eigenvalue weighted by Crippen LogP contribution is -2.39. The van der Waals surface area contributed by atoms with Crippen molar-refractivity contribution in [3.05, 3.63) is 35.6 Å². The van der Waals surface area contributed by atoms with Crippen LogP contribution in [0.15, 0.2) is 24.3 Å². The topological polar surface area (TPSA) is 24.5 Å². The highest BCUT2D eigenvalue weighted by molar-refractivity contribution is 5.16. The number of likely N-dealkylation sites (N-methyl/N-ethyl adjacent to an activating group) is 1. The van der Waals surface area contributed by atoms with E-state index in [1.165, 1.54) is 6.07 Å². The van der Waals surface area contributed by atoms with Crippen LogP contribution in [0.1, 0.15) is 18.4 Å². The zero-order valence-corrected chi connectivity index (χ0v) is 11.6. The van der Waals surface area contributed by atoms with E-state index < -0.39 is 0 Å². The minimum atomic E-state index is -0.119. The Bertz CT molecular complexity index is 380. The summed E-state index contributed by atoms with van der Waals surface area (Å²) in [6, 6.07) is 7.55. The van der Waals surface area contributed by atoms with Gasteiger partial charge in [-0.05, 0) is 26.0 Å². The Morgan fingerprint density at radius 1 is 1.32 bits per heavy atom. The van der Waals surface area contributed by atoms with Crippen LogP contribution in [0.3, 0.4) is 0 Å². The van der Waals surface area contributed by atoms with Gasteiger partial charge in [0, 0.05) is 44.5 Å². The van der Waals surface area contributed by atoms with Crippen LogP contribution >= 0.6 is 0 Å². The van der Waals surface area contributed by atoms with Gasteiger partial charge in [-0.15, -0.1) is 0 Å². The fraction of sp³-hybridized carbons (Fsp3) is 0.600. The molecule has 1 fully saturated rings. The van der Waals surface area contributed by atoms with Crippen LogP contribution in [-0.4, -0.2) is 44.3 Å². The molecule has 0 amide bonds. The summed E-state index contributed by atoms with van der Waals surface area (Å²) in [6.07, 6.45) is 2.19. The Kier molecular flexibility index (Phi) is 5.76. The third-order valence-electron chi connectivity index (χ3n) is 3.55. The summed E-state index contributed by atoms with van der Waals surface area (Å²) < 4.78 is 18.8. The van der Waals surface area contributed by atoms with Crippen molar-refractivity contribution < 1.29 is 9.13 Å². The predicted molar refractivity (Wildman–Crippen MR) is 74.6 cm³/mol. The van der Waals surface area contributed by atoms with E-state index in [4.69, 9.17) is 4.74 Å². The minimum absolute atomic E-state index is 0.119. The van der Waals surface area contributed by atoms with Crippen LogP contribution in [0.25, 0.3) is 0 Å². The summed E-state index contributed by atoms with van der Waals surface area (Å²) in [5.74, 6) is -0.119. The van der Waals surface area contributed by atoms with Gasteiger partial charge in [-0.3, -0.25) is 0 Å². The molecule has 1 aliphatic rings. The SMILES string of the molecule is CN(CCNC1CCOCC1)Cc1ccccc1F. The normalized spacial score (nSPS) is 17.0. The van der Waals surface area contributed by atoms with Crippen LogP contribution in [0.2, 0.25) is 0 Å². The maximum atomic E-state index is 13.5. The predicted octanol–water partition coefficient (Wildman–Crippen LogP) is 2.03. The molecule has 0 aliphatic carbocycles. The number of benzene rings is 1. The highest BCUT2D eigenvalue weighted by Gasteiger charge is 2.12. The average Bonchev–Trinajstić information content (AvgIpc) is 2.43. The minimum Gasteiger partial charge on any atom is -0.381 e. The summed E-state index contributed by atoms with van der Waals surface area (Å²) in [6.45, 7) is 4.24. The van der Waals surface area contributed by atoms with Gasteiger partial charge in [-0.2, -0.15) is 0 Å². The fourth-order valence-electron chi connectivity index (χ4n) is 2.36. The number of hydrogen-bond acceptors (Lipinski definition) is 3. The van der Waals surface area contributed by atoms with Crippen molar-refractivity contribution in [1.29, 1.82) is 0 Å². The first-order chi connectivity index (χ1) is 9.25. The standard InChI is InChI=1S/C15H23FN2O/c1-18(12-13-4-2-3-5-15(13)16)9-8-17-14-6-10-19-11-7-14/h2-5,14,17H,6-12H2,1H3. The summed E-state index contributed by atoms with van der Waals surface area (Å²) >= 11 is 0. The largest absolute Gasteiger partial charge is 0.381 e. The van der Waals surface area contributed by atoms with Crippen molar-refractivity contribution in [2.45, 2.75) is 25.4 Å². The third-order valence-corrected chi connectivity index (χ3v) is 3.55. The highest BCUT2D eigenvalue weighted by atomic mass is 19.1. The molecule has 0 atom stereocenters. The van der Waals surface area contributed by atoms with E-state index in [2.05, 4.69) is 10.2 Å². The second kappa shape index (κ2) is 7.58. The van der Waals surface area contributed by atoms with Crippen molar-refractivity contribution >= 4 is 0 Å². The molecule has 4 heteroatoms. The molecule has 3 nitrogen and oxygen atoms in total. The molecular formula is C15H23FN2O. The van der Waals surface area contributed by atoms with E-state index in [1.807, 2.05) is 19.2 Å². The molecule has 0 saturated carbocycles. The molecule has 19 heavy (non-hydrogen) atoms. The second-order valence-corrected chi connectivity index (χ2v) is 5.17. The smallest absolute Gasteiger partial charge is 0.127 e. The van der Waals surface area contributed by atoms with Gasteiger partial charge in [0.2, 0.25) is 0 Å². The molecule has 0 aromatic heterocycles. The van der Waals surface area contributed by atoms with Crippen LogP contribution in [0, 0.1) is 5.82 Å². The molecule has 1 N–H and O–H groups in total. The van der Waals surface area contributed by atoms with E-state index in [0.29, 0.717) is 12.6 Å². The quantitative estimate of drug-likeness (QED) is 0.852. The van der Waals surface area contributed by atoms with Gasteiger partial charge in [-0.1, -0.05) is 18.2 Å². The molecule has 1 heterocycles. The molecule has 0 spiro atoms. The number of ether oxygens (including phenoxy) is 1. The first-order valence-corrected chi connectivity index (χ1v) is 6.99. The summed E-state index contributed by atoms with van der Waals surface area (Å²) in [4.78, 5) is 2.14. The first-order valence-electron chi connectivity index (χ1n) is 6.99. The number of rotatable bonds is 6. The van der Waals surface area contributed by atoms with E-state index in [-0.39, 0.29) is 5.82 Å². The van der Waals surface area contributed by atoms with Crippen LogP contribution in [0.4, 0.5) is 4.39 Å². The molecule has 106 valence electrons. The zero-order valence-electron chi connectivity index (χ0n) is 11.6. The second-order valence-electron chi connectivity index (χ2n) is 5.17. The van der Waals surface area contributed by atoms with Gasteiger partial charge >= 0.3 is 0 Å². The average molecular weight is 266 g/mol. The Morgan fingerprint density at radius 3 is 2.79 bits per heavy atom. The Hall–Kier alpha value is -0.970. The fourth-order valence-corrected chi connectivity index (χ4v) is 2.36. The third kappa shape index (κ3) is 4.90. The van der Waals surface area contributed by atoms with Crippen molar-refractivity contribution in [3.63, 3.8) is 0 Å². The lowest BCUT2D eigenvalue weighted by Gasteiger charge is -2.24.